The van der Waals surface area contributed by atoms with Crippen LogP contribution in [0.15, 0.2) is 30.3 Å². The Bertz CT molecular complexity index is 1070. The van der Waals surface area contributed by atoms with E-state index in [1.54, 1.807) is 0 Å². The average Bonchev–Trinajstić information content (AvgIpc) is 3.49. The number of ketones is 1. The van der Waals surface area contributed by atoms with Crippen LogP contribution in [0.3, 0.4) is 0 Å². The van der Waals surface area contributed by atoms with Gasteiger partial charge in [0.25, 0.3) is 5.91 Å². The lowest BCUT2D eigenvalue weighted by atomic mass is 9.84. The lowest BCUT2D eigenvalue weighted by Crippen LogP contribution is -2.44. The molecule has 3 amide bonds. The monoisotopic (exact) mass is 405 g/mol. The minimum absolute atomic E-state index is 0.183. The Morgan fingerprint density at radius 2 is 1.93 bits per heavy atom. The predicted octanol–water partition coefficient (Wildman–Crippen LogP) is 3.80. The molecule has 5 rings (SSSR count). The van der Waals surface area contributed by atoms with Crippen LogP contribution in [0.4, 0.5) is 4.79 Å². The normalized spacial score (nSPS) is 23.5. The van der Waals surface area contributed by atoms with E-state index in [0.29, 0.717) is 18.0 Å². The van der Waals surface area contributed by atoms with Crippen molar-refractivity contribution in [2.75, 3.05) is 6.54 Å². The van der Waals surface area contributed by atoms with Crippen molar-refractivity contribution < 1.29 is 14.4 Å². The number of amides is 3. The number of aryl methyl sites for hydroxylation is 2. The molecule has 6 nitrogen and oxygen atoms in total. The van der Waals surface area contributed by atoms with Crippen LogP contribution < -0.4 is 5.32 Å². The van der Waals surface area contributed by atoms with Gasteiger partial charge in [-0.25, -0.2) is 4.79 Å². The van der Waals surface area contributed by atoms with E-state index in [4.69, 9.17) is 0 Å². The predicted molar refractivity (Wildman–Crippen MR) is 112 cm³/mol. The average molecular weight is 405 g/mol. The topological polar surface area (TPSA) is 71.4 Å². The second kappa shape index (κ2) is 6.83. The van der Waals surface area contributed by atoms with Gasteiger partial charge in [0.1, 0.15) is 5.54 Å². The number of carbonyl (C=O) groups is 3. The Kier molecular flexibility index (Phi) is 4.34. The number of carbonyl (C=O) groups excluding carboxylic acids is 3. The van der Waals surface area contributed by atoms with Gasteiger partial charge in [0.2, 0.25) is 0 Å². The van der Waals surface area contributed by atoms with E-state index in [1.165, 1.54) is 0 Å². The van der Waals surface area contributed by atoms with Crippen molar-refractivity contribution in [1.29, 1.82) is 0 Å². The van der Waals surface area contributed by atoms with E-state index in [9.17, 15) is 14.4 Å². The largest absolute Gasteiger partial charge is 0.345 e. The number of hydrogen-bond acceptors (Lipinski definition) is 3. The van der Waals surface area contributed by atoms with Crippen molar-refractivity contribution in [3.05, 3.63) is 58.4 Å². The van der Waals surface area contributed by atoms with Gasteiger partial charge in [-0.2, -0.15) is 0 Å². The Hall–Kier alpha value is -2.89. The summed E-state index contributed by atoms with van der Waals surface area (Å²) in [6, 6.07) is 9.75. The lowest BCUT2D eigenvalue weighted by Gasteiger charge is -2.27. The number of rotatable bonds is 4. The number of nitrogens with zero attached hydrogens (tertiary/aromatic N) is 2. The molecule has 3 aliphatic rings. The van der Waals surface area contributed by atoms with E-state index in [0.717, 1.165) is 59.5 Å². The fourth-order valence-corrected chi connectivity index (χ4v) is 5.30. The first-order valence-electron chi connectivity index (χ1n) is 10.9. The highest BCUT2D eigenvalue weighted by atomic mass is 16.2. The van der Waals surface area contributed by atoms with Crippen molar-refractivity contribution in [2.45, 2.75) is 64.0 Å². The first-order chi connectivity index (χ1) is 14.4. The highest BCUT2D eigenvalue weighted by molar-refractivity contribution is 6.11. The quantitative estimate of drug-likeness (QED) is 0.621. The van der Waals surface area contributed by atoms with Crippen LogP contribution >= 0.6 is 0 Å². The van der Waals surface area contributed by atoms with Gasteiger partial charge in [0.05, 0.1) is 6.54 Å². The molecule has 1 saturated carbocycles. The Balaban J connectivity index is 1.45. The number of benzene rings is 1. The van der Waals surface area contributed by atoms with Crippen LogP contribution in [-0.4, -0.2) is 33.7 Å². The molecule has 30 heavy (non-hydrogen) atoms. The second-order valence-electron chi connectivity index (χ2n) is 8.90. The molecular formula is C24H27N3O3. The number of urea groups is 1. The molecule has 1 aliphatic heterocycles. The van der Waals surface area contributed by atoms with Gasteiger partial charge in [-0.05, 0) is 69.6 Å². The fourth-order valence-electron chi connectivity index (χ4n) is 5.30. The molecule has 1 atom stereocenters. The molecule has 1 aromatic carbocycles. The third kappa shape index (κ3) is 2.81. The molecule has 1 aromatic heterocycles. The summed E-state index contributed by atoms with van der Waals surface area (Å²) in [5.41, 5.74) is 3.54. The summed E-state index contributed by atoms with van der Waals surface area (Å²) in [6.07, 6.45) is 5.57. The van der Waals surface area contributed by atoms with Gasteiger partial charge in [-0.15, -0.1) is 0 Å². The van der Waals surface area contributed by atoms with Crippen LogP contribution in [0.1, 0.15) is 71.0 Å². The second-order valence-corrected chi connectivity index (χ2v) is 8.90. The maximum Gasteiger partial charge on any atom is 0.325 e. The van der Waals surface area contributed by atoms with Crippen LogP contribution in [-0.2, 0) is 16.8 Å². The highest BCUT2D eigenvalue weighted by Crippen LogP contribution is 2.40. The maximum absolute atomic E-state index is 13.5. The van der Waals surface area contributed by atoms with Gasteiger partial charge >= 0.3 is 6.03 Å². The molecule has 1 spiro atoms. The third-order valence-corrected chi connectivity index (χ3v) is 6.90. The van der Waals surface area contributed by atoms with Crippen molar-refractivity contribution in [3.63, 3.8) is 0 Å². The fraction of sp³-hybridized carbons (Fsp3) is 0.458. The molecule has 156 valence electrons. The number of hydrogen-bond donors (Lipinski definition) is 1. The number of nitrogens with one attached hydrogen (secondary N) is 1. The Morgan fingerprint density at radius 1 is 1.17 bits per heavy atom. The molecule has 2 aromatic rings. The number of aromatic nitrogens is 1. The van der Waals surface area contributed by atoms with E-state index >= 15 is 0 Å². The summed E-state index contributed by atoms with van der Waals surface area (Å²) < 4.78 is 2.21. The van der Waals surface area contributed by atoms with E-state index in [2.05, 4.69) is 9.88 Å². The van der Waals surface area contributed by atoms with Gasteiger partial charge in [0, 0.05) is 23.0 Å². The number of fused-ring (bicyclic) bond motifs is 2. The molecular weight excluding hydrogens is 378 g/mol. The summed E-state index contributed by atoms with van der Waals surface area (Å²) in [4.78, 5) is 40.6. The first-order valence-corrected chi connectivity index (χ1v) is 10.9. The minimum atomic E-state index is -1.05. The third-order valence-electron chi connectivity index (χ3n) is 6.90. The summed E-state index contributed by atoms with van der Waals surface area (Å²) in [5.74, 6) is -0.483. The summed E-state index contributed by atoms with van der Waals surface area (Å²) in [5, 5.41) is 2.96. The van der Waals surface area contributed by atoms with Crippen LogP contribution in [0.25, 0.3) is 0 Å². The molecule has 0 bridgehead atoms. The van der Waals surface area contributed by atoms with Crippen LogP contribution in [0.5, 0.6) is 0 Å². The van der Waals surface area contributed by atoms with Gasteiger partial charge in [-0.1, -0.05) is 24.3 Å². The highest BCUT2D eigenvalue weighted by Gasteiger charge is 2.53. The van der Waals surface area contributed by atoms with Crippen molar-refractivity contribution in [2.24, 2.45) is 0 Å². The number of imide groups is 1. The molecule has 0 unspecified atom stereocenters. The lowest BCUT2D eigenvalue weighted by molar-refractivity contribution is -0.131. The van der Waals surface area contributed by atoms with Crippen molar-refractivity contribution in [1.82, 2.24) is 14.8 Å². The van der Waals surface area contributed by atoms with E-state index < -0.39 is 11.6 Å². The first kappa shape index (κ1) is 19.1. The molecule has 1 N–H and O–H groups in total. The van der Waals surface area contributed by atoms with Crippen molar-refractivity contribution in [3.8, 4) is 0 Å². The van der Waals surface area contributed by atoms with Crippen molar-refractivity contribution >= 4 is 17.7 Å². The molecule has 2 aliphatic carbocycles. The zero-order valence-electron chi connectivity index (χ0n) is 17.5. The van der Waals surface area contributed by atoms with Gasteiger partial charge in [-0.3, -0.25) is 14.5 Å². The zero-order chi connectivity index (χ0) is 21.0. The summed E-state index contributed by atoms with van der Waals surface area (Å²) >= 11 is 0. The van der Waals surface area contributed by atoms with Gasteiger partial charge < -0.3 is 9.88 Å². The zero-order valence-corrected chi connectivity index (χ0v) is 17.5. The molecule has 0 radical (unpaired) electrons. The molecule has 6 heteroatoms. The number of Topliss-reactive ketones (excluding diaryl/α,β-unsaturated/α-hetero) is 1. The Labute approximate surface area is 176 Å². The van der Waals surface area contributed by atoms with E-state index in [-0.39, 0.29) is 18.2 Å². The molecule has 2 heterocycles. The Morgan fingerprint density at radius 3 is 2.70 bits per heavy atom. The maximum atomic E-state index is 13.5. The van der Waals surface area contributed by atoms with E-state index in [1.807, 2.05) is 44.2 Å². The minimum Gasteiger partial charge on any atom is -0.345 e. The summed E-state index contributed by atoms with van der Waals surface area (Å²) in [6.45, 7) is 3.74. The van der Waals surface area contributed by atoms with Crippen LogP contribution in [0, 0.1) is 13.8 Å². The molecule has 1 saturated heterocycles. The standard InChI is InChI=1S/C24H27N3O3/c1-15-13-19(16(2)27(15)18-10-11-18)21(28)14-26-22(29)24(25-23(26)30)12-6-5-8-17-7-3-4-9-20(17)24/h3-4,7,9,13,18H,5-6,8,10-12,14H2,1-2H3,(H,25,30)/t24-/m1/s1. The SMILES string of the molecule is Cc1cc(C(=O)CN2C(=O)N[C@@]3(CCCCc4ccccc43)C2=O)c(C)n1C1CC1. The summed E-state index contributed by atoms with van der Waals surface area (Å²) in [7, 11) is 0. The van der Waals surface area contributed by atoms with Crippen LogP contribution in [0.2, 0.25) is 0 Å². The molecule has 2 fully saturated rings. The smallest absolute Gasteiger partial charge is 0.325 e. The van der Waals surface area contributed by atoms with Gasteiger partial charge in [0.15, 0.2) is 5.78 Å².